The predicted molar refractivity (Wildman–Crippen MR) is 251 cm³/mol. The molecule has 0 spiro atoms. The Kier molecular flexibility index (Phi) is 12.8. The second kappa shape index (κ2) is 19.0. The molecule has 298 valence electrons. The fourth-order valence-electron chi connectivity index (χ4n) is 6.76. The molecule has 9 heteroatoms. The number of benzene rings is 8. The third kappa shape index (κ3) is 9.18. The topological polar surface area (TPSA) is 91.0 Å². The molecule has 0 amide bonds. The molecule has 0 aliphatic carbocycles. The van der Waals surface area contributed by atoms with Crippen molar-refractivity contribution in [1.82, 2.24) is 9.97 Å². The summed E-state index contributed by atoms with van der Waals surface area (Å²) in [5, 5.41) is 21.9. The van der Waals surface area contributed by atoms with Crippen molar-refractivity contribution in [3.8, 4) is 54.9 Å². The van der Waals surface area contributed by atoms with E-state index in [2.05, 4.69) is 70.6 Å². The number of aromatic nitrogens is 2. The summed E-state index contributed by atoms with van der Waals surface area (Å²) < 4.78 is 2.27. The Morgan fingerprint density at radius 3 is 1.44 bits per heavy atom. The average Bonchev–Trinajstić information content (AvgIpc) is 3.95. The van der Waals surface area contributed by atoms with E-state index in [9.17, 15) is 10.2 Å². The van der Waals surface area contributed by atoms with Gasteiger partial charge in [-0.25, -0.2) is 9.97 Å². The number of nitrogens with zero attached hydrogens (tertiary/aromatic N) is 4. The SMILES string of the molecule is Oc1ccccc1C=Nc1ccccc1-c1nc2c(-c3[c-]cccc3)cccc2s1.Oc1ccccc1C=Nc1ccccc1-c1nc2c(-c3ccccc3)cccc2s1.[Pt]. The maximum atomic E-state index is 10.0. The predicted octanol–water partition coefficient (Wildman–Crippen LogP) is 14.0. The summed E-state index contributed by atoms with van der Waals surface area (Å²) in [4.78, 5) is 19.2. The zero-order valence-electron chi connectivity index (χ0n) is 32.4. The summed E-state index contributed by atoms with van der Waals surface area (Å²) in [6.07, 6.45) is 3.38. The minimum absolute atomic E-state index is 0. The van der Waals surface area contributed by atoms with Gasteiger partial charge in [0.1, 0.15) is 21.5 Å². The molecular formula is C52H35N4O2PtS2-. The molecule has 2 N–H and O–H groups in total. The van der Waals surface area contributed by atoms with E-state index < -0.39 is 0 Å². The van der Waals surface area contributed by atoms with E-state index in [0.717, 1.165) is 75.2 Å². The van der Waals surface area contributed by atoms with Crippen LogP contribution in [0.4, 0.5) is 11.4 Å². The van der Waals surface area contributed by atoms with Gasteiger partial charge in [-0.3, -0.25) is 9.98 Å². The van der Waals surface area contributed by atoms with Crippen molar-refractivity contribution in [2.45, 2.75) is 0 Å². The molecule has 0 bridgehead atoms. The van der Waals surface area contributed by atoms with Crippen LogP contribution in [0.5, 0.6) is 11.5 Å². The fraction of sp³-hybridized carbons (Fsp3) is 0. The average molecular weight is 1010 g/mol. The number of phenols is 2. The standard InChI is InChI=1S/C26H18N2OS.C26H17N2OS.Pt/c2*29-23-15-7-4-11-19(23)17-27-22-14-6-5-12-21(22)26-28-25-20(13-8-16-24(25)30-26)18-9-2-1-3-10-18;/h1-17,29H;1-9,11-17,29H;/q;-1;. The Morgan fingerprint density at radius 2 is 0.902 bits per heavy atom. The number of aromatic hydroxyl groups is 2. The maximum absolute atomic E-state index is 10.0. The van der Waals surface area contributed by atoms with Crippen LogP contribution in [0.15, 0.2) is 198 Å². The van der Waals surface area contributed by atoms with Crippen LogP contribution in [0.25, 0.3) is 63.8 Å². The normalized spacial score (nSPS) is 11.1. The summed E-state index contributed by atoms with van der Waals surface area (Å²) in [6, 6.07) is 64.4. The van der Waals surface area contributed by atoms with Gasteiger partial charge in [0.25, 0.3) is 0 Å². The number of hydrogen-bond acceptors (Lipinski definition) is 8. The number of rotatable bonds is 8. The monoisotopic (exact) mass is 1010 g/mol. The van der Waals surface area contributed by atoms with Crippen molar-refractivity contribution in [3.63, 3.8) is 0 Å². The minimum atomic E-state index is 0. The van der Waals surface area contributed by atoms with Gasteiger partial charge < -0.3 is 10.2 Å². The van der Waals surface area contributed by atoms with E-state index in [1.807, 2.05) is 109 Å². The summed E-state index contributed by atoms with van der Waals surface area (Å²) in [5.41, 5.74) is 11.3. The number of aliphatic imine (C=N–C) groups is 2. The van der Waals surface area contributed by atoms with Gasteiger partial charge in [0.15, 0.2) is 0 Å². The molecule has 0 saturated carbocycles. The van der Waals surface area contributed by atoms with Gasteiger partial charge in [0.2, 0.25) is 0 Å². The Balaban J connectivity index is 0.000000166. The van der Waals surface area contributed by atoms with Crippen molar-refractivity contribution >= 4 is 66.9 Å². The molecule has 2 heterocycles. The number of phenolic OH excluding ortho intramolecular Hbond substituents is 2. The molecule has 0 radical (unpaired) electrons. The molecular weight excluding hydrogens is 972 g/mol. The molecule has 0 fully saturated rings. The van der Waals surface area contributed by atoms with Crippen molar-refractivity contribution < 1.29 is 31.3 Å². The molecule has 2 aromatic heterocycles. The van der Waals surface area contributed by atoms with Gasteiger partial charge in [-0.2, -0.15) is 0 Å². The molecule has 6 nitrogen and oxygen atoms in total. The van der Waals surface area contributed by atoms with Crippen LogP contribution in [0.1, 0.15) is 11.1 Å². The van der Waals surface area contributed by atoms with E-state index >= 15 is 0 Å². The molecule has 10 aromatic rings. The number of hydrogen-bond donors (Lipinski definition) is 2. The second-order valence-corrected chi connectivity index (χ2v) is 15.7. The minimum Gasteiger partial charge on any atom is -0.507 e. The van der Waals surface area contributed by atoms with Crippen LogP contribution in [-0.4, -0.2) is 32.6 Å². The molecule has 0 aliphatic rings. The summed E-state index contributed by atoms with van der Waals surface area (Å²) in [6.45, 7) is 0. The number of para-hydroxylation sites is 6. The third-order valence-corrected chi connectivity index (χ3v) is 11.9. The number of fused-ring (bicyclic) bond motifs is 2. The first-order valence-corrected chi connectivity index (χ1v) is 20.9. The zero-order chi connectivity index (χ0) is 40.7. The molecule has 61 heavy (non-hydrogen) atoms. The first-order valence-electron chi connectivity index (χ1n) is 19.2. The van der Waals surface area contributed by atoms with E-state index in [-0.39, 0.29) is 32.6 Å². The van der Waals surface area contributed by atoms with Gasteiger partial charge in [-0.15, -0.1) is 58.6 Å². The summed E-state index contributed by atoms with van der Waals surface area (Å²) in [7, 11) is 0. The van der Waals surface area contributed by atoms with E-state index in [4.69, 9.17) is 9.97 Å². The van der Waals surface area contributed by atoms with Crippen molar-refractivity contribution in [1.29, 1.82) is 0 Å². The second-order valence-electron chi connectivity index (χ2n) is 13.7. The summed E-state index contributed by atoms with van der Waals surface area (Å²) >= 11 is 3.31. The van der Waals surface area contributed by atoms with E-state index in [1.165, 1.54) is 0 Å². The Hall–Kier alpha value is -6.83. The van der Waals surface area contributed by atoms with Gasteiger partial charge in [-0.05, 0) is 66.2 Å². The van der Waals surface area contributed by atoms with Crippen LogP contribution in [-0.2, 0) is 21.1 Å². The van der Waals surface area contributed by atoms with Crippen molar-refractivity contribution in [3.05, 3.63) is 205 Å². The van der Waals surface area contributed by atoms with Crippen LogP contribution in [0, 0.1) is 6.07 Å². The van der Waals surface area contributed by atoms with Gasteiger partial charge in [0.05, 0.1) is 21.6 Å². The van der Waals surface area contributed by atoms with E-state index in [0.29, 0.717) is 11.1 Å². The zero-order valence-corrected chi connectivity index (χ0v) is 36.3. The van der Waals surface area contributed by atoms with Crippen LogP contribution in [0.2, 0.25) is 0 Å². The van der Waals surface area contributed by atoms with Gasteiger partial charge in [0, 0.05) is 71.5 Å². The largest absolute Gasteiger partial charge is 0.507 e. The van der Waals surface area contributed by atoms with Crippen LogP contribution >= 0.6 is 22.7 Å². The van der Waals surface area contributed by atoms with E-state index in [1.54, 1.807) is 59.4 Å². The summed E-state index contributed by atoms with van der Waals surface area (Å²) in [5.74, 6) is 0.425. The Bertz CT molecular complexity index is 2930. The maximum Gasteiger partial charge on any atom is 0.126 e. The first-order chi connectivity index (χ1) is 29.6. The Morgan fingerprint density at radius 1 is 0.443 bits per heavy atom. The van der Waals surface area contributed by atoms with Gasteiger partial charge >= 0.3 is 0 Å². The quantitative estimate of drug-likeness (QED) is 0.117. The molecule has 0 saturated heterocycles. The molecule has 10 rings (SSSR count). The smallest absolute Gasteiger partial charge is 0.126 e. The fourth-order valence-corrected chi connectivity index (χ4v) is 8.82. The molecule has 8 aromatic carbocycles. The van der Waals surface area contributed by atoms with Crippen molar-refractivity contribution in [2.24, 2.45) is 9.98 Å². The molecule has 0 atom stereocenters. The van der Waals surface area contributed by atoms with Crippen LogP contribution < -0.4 is 0 Å². The molecule has 0 aliphatic heterocycles. The number of thiazole rings is 2. The first kappa shape index (κ1) is 40.9. The van der Waals surface area contributed by atoms with Crippen LogP contribution in [0.3, 0.4) is 0 Å². The Labute approximate surface area is 375 Å². The molecule has 0 unspecified atom stereocenters. The third-order valence-electron chi connectivity index (χ3n) is 9.75. The van der Waals surface area contributed by atoms with Crippen molar-refractivity contribution in [2.75, 3.05) is 0 Å². The van der Waals surface area contributed by atoms with Gasteiger partial charge in [-0.1, -0.05) is 109 Å².